The molecule has 154 valence electrons. The van der Waals surface area contributed by atoms with Crippen molar-refractivity contribution in [3.8, 4) is 11.5 Å². The summed E-state index contributed by atoms with van der Waals surface area (Å²) in [5, 5.41) is 0. The first-order valence-corrected chi connectivity index (χ1v) is 10.0. The smallest absolute Gasteiger partial charge is 0.254 e. The van der Waals surface area contributed by atoms with E-state index in [1.54, 1.807) is 31.5 Å². The number of aromatic nitrogens is 1. The molecule has 0 bridgehead atoms. The quantitative estimate of drug-likeness (QED) is 0.629. The Morgan fingerprint density at radius 2 is 1.70 bits per heavy atom. The fraction of sp³-hybridized carbons (Fsp3) is 0.250. The van der Waals surface area contributed by atoms with Crippen LogP contribution in [-0.2, 0) is 6.61 Å². The van der Waals surface area contributed by atoms with E-state index in [-0.39, 0.29) is 5.91 Å². The second kappa shape index (κ2) is 9.31. The maximum atomic E-state index is 13.1. The first-order valence-electron chi connectivity index (χ1n) is 10.0. The van der Waals surface area contributed by atoms with E-state index in [0.29, 0.717) is 36.8 Å². The lowest BCUT2D eigenvalue weighted by atomic mass is 10.1. The number of carbonyl (C=O) groups excluding carboxylic acids is 1. The van der Waals surface area contributed by atoms with E-state index in [1.165, 1.54) is 0 Å². The number of amides is 1. The van der Waals surface area contributed by atoms with Crippen LogP contribution in [0.3, 0.4) is 0 Å². The minimum absolute atomic E-state index is 0.00267. The normalized spacial score (nSPS) is 13.8. The van der Waals surface area contributed by atoms with Crippen LogP contribution >= 0.6 is 0 Å². The number of carbonyl (C=O) groups is 1. The van der Waals surface area contributed by atoms with Gasteiger partial charge in [0.25, 0.3) is 5.91 Å². The van der Waals surface area contributed by atoms with Gasteiger partial charge in [-0.05, 0) is 35.9 Å². The standard InChI is InChI=1S/C24H25N3O3/c1-29-21-11-10-20(17-22(21)30-18-19-7-3-2-4-8-19)24(28)27-15-13-26(14-16-27)23-9-5-6-12-25-23/h2-12,17H,13-16,18H2,1H3. The molecule has 6 heteroatoms. The highest BCUT2D eigenvalue weighted by Crippen LogP contribution is 2.29. The molecular weight excluding hydrogens is 378 g/mol. The third-order valence-electron chi connectivity index (χ3n) is 5.19. The van der Waals surface area contributed by atoms with Crippen molar-refractivity contribution in [3.63, 3.8) is 0 Å². The van der Waals surface area contributed by atoms with Gasteiger partial charge in [-0.3, -0.25) is 4.79 Å². The van der Waals surface area contributed by atoms with E-state index in [9.17, 15) is 4.79 Å². The molecule has 0 unspecified atom stereocenters. The van der Waals surface area contributed by atoms with E-state index in [0.717, 1.165) is 24.5 Å². The van der Waals surface area contributed by atoms with Gasteiger partial charge in [-0.1, -0.05) is 36.4 Å². The fourth-order valence-corrected chi connectivity index (χ4v) is 3.52. The van der Waals surface area contributed by atoms with Gasteiger partial charge in [0.1, 0.15) is 12.4 Å². The Bertz CT molecular complexity index is 972. The van der Waals surface area contributed by atoms with Crippen LogP contribution in [0.2, 0.25) is 0 Å². The van der Waals surface area contributed by atoms with Gasteiger partial charge in [0.05, 0.1) is 7.11 Å². The van der Waals surface area contributed by atoms with Crippen LogP contribution in [-0.4, -0.2) is 49.1 Å². The van der Waals surface area contributed by atoms with Crippen molar-refractivity contribution in [3.05, 3.63) is 84.1 Å². The molecule has 0 saturated carbocycles. The Hall–Kier alpha value is -3.54. The van der Waals surface area contributed by atoms with Crippen molar-refractivity contribution >= 4 is 11.7 Å². The van der Waals surface area contributed by atoms with E-state index in [1.807, 2.05) is 53.4 Å². The van der Waals surface area contributed by atoms with Crippen molar-refractivity contribution in [1.29, 1.82) is 0 Å². The van der Waals surface area contributed by atoms with Crippen molar-refractivity contribution in [2.24, 2.45) is 0 Å². The third-order valence-corrected chi connectivity index (χ3v) is 5.19. The highest BCUT2D eigenvalue weighted by atomic mass is 16.5. The summed E-state index contributed by atoms with van der Waals surface area (Å²) in [6, 6.07) is 21.2. The van der Waals surface area contributed by atoms with Gasteiger partial charge >= 0.3 is 0 Å². The first kappa shape index (κ1) is 19.8. The fourth-order valence-electron chi connectivity index (χ4n) is 3.52. The molecule has 3 aromatic rings. The summed E-state index contributed by atoms with van der Waals surface area (Å²) in [5.74, 6) is 2.13. The third kappa shape index (κ3) is 4.54. The van der Waals surface area contributed by atoms with Crippen molar-refractivity contribution in [1.82, 2.24) is 9.88 Å². The molecule has 30 heavy (non-hydrogen) atoms. The van der Waals surface area contributed by atoms with Gasteiger partial charge < -0.3 is 19.3 Å². The number of pyridine rings is 1. The maximum Gasteiger partial charge on any atom is 0.254 e. The number of rotatable bonds is 6. The van der Waals surface area contributed by atoms with Crippen molar-refractivity contribution < 1.29 is 14.3 Å². The molecule has 1 aromatic heterocycles. The number of ether oxygens (including phenoxy) is 2. The number of methoxy groups -OCH3 is 1. The zero-order chi connectivity index (χ0) is 20.8. The molecule has 0 spiro atoms. The van der Waals surface area contributed by atoms with E-state index >= 15 is 0 Å². The van der Waals surface area contributed by atoms with Gasteiger partial charge in [0, 0.05) is 37.9 Å². The van der Waals surface area contributed by atoms with Gasteiger partial charge in [-0.25, -0.2) is 4.98 Å². The van der Waals surface area contributed by atoms with E-state index in [4.69, 9.17) is 9.47 Å². The molecule has 1 saturated heterocycles. The zero-order valence-electron chi connectivity index (χ0n) is 17.0. The summed E-state index contributed by atoms with van der Waals surface area (Å²) in [4.78, 5) is 21.5. The van der Waals surface area contributed by atoms with Crippen molar-refractivity contribution in [2.45, 2.75) is 6.61 Å². The minimum Gasteiger partial charge on any atom is -0.493 e. The molecule has 6 nitrogen and oxygen atoms in total. The summed E-state index contributed by atoms with van der Waals surface area (Å²) in [5.41, 5.74) is 1.66. The summed E-state index contributed by atoms with van der Waals surface area (Å²) in [7, 11) is 1.60. The number of anilines is 1. The summed E-state index contributed by atoms with van der Waals surface area (Å²) in [6.45, 7) is 3.24. The molecular formula is C24H25N3O3. The number of hydrogen-bond donors (Lipinski definition) is 0. The Morgan fingerprint density at radius 3 is 2.40 bits per heavy atom. The van der Waals surface area contributed by atoms with Crippen LogP contribution in [0.15, 0.2) is 72.9 Å². The van der Waals surface area contributed by atoms with Crippen LogP contribution in [0.4, 0.5) is 5.82 Å². The predicted molar refractivity (Wildman–Crippen MR) is 116 cm³/mol. The molecule has 1 amide bonds. The lowest BCUT2D eigenvalue weighted by Gasteiger charge is -2.35. The summed E-state index contributed by atoms with van der Waals surface area (Å²) in [6.07, 6.45) is 1.79. The van der Waals surface area contributed by atoms with Crippen LogP contribution in [0.25, 0.3) is 0 Å². The average Bonchev–Trinajstić information content (AvgIpc) is 2.83. The van der Waals surface area contributed by atoms with Crippen LogP contribution in [0.1, 0.15) is 15.9 Å². The molecule has 2 aromatic carbocycles. The Labute approximate surface area is 176 Å². The van der Waals surface area contributed by atoms with Gasteiger partial charge in [-0.2, -0.15) is 0 Å². The molecule has 0 radical (unpaired) electrons. The monoisotopic (exact) mass is 403 g/mol. The van der Waals surface area contributed by atoms with Gasteiger partial charge in [0.2, 0.25) is 0 Å². The largest absolute Gasteiger partial charge is 0.493 e. The van der Waals surface area contributed by atoms with Crippen LogP contribution in [0.5, 0.6) is 11.5 Å². The average molecular weight is 403 g/mol. The Morgan fingerprint density at radius 1 is 0.933 bits per heavy atom. The van der Waals surface area contributed by atoms with Gasteiger partial charge in [-0.15, -0.1) is 0 Å². The van der Waals surface area contributed by atoms with Crippen molar-refractivity contribution in [2.75, 3.05) is 38.2 Å². The lowest BCUT2D eigenvalue weighted by molar-refractivity contribution is 0.0746. The Balaban J connectivity index is 1.42. The summed E-state index contributed by atoms with van der Waals surface area (Å²) < 4.78 is 11.4. The molecule has 0 aliphatic carbocycles. The second-order valence-corrected chi connectivity index (χ2v) is 7.11. The zero-order valence-corrected chi connectivity index (χ0v) is 17.0. The molecule has 0 N–H and O–H groups in total. The predicted octanol–water partition coefficient (Wildman–Crippen LogP) is 3.63. The highest BCUT2D eigenvalue weighted by Gasteiger charge is 2.23. The SMILES string of the molecule is COc1ccc(C(=O)N2CCN(c3ccccn3)CC2)cc1OCc1ccccc1. The maximum absolute atomic E-state index is 13.1. The molecule has 4 rings (SSSR count). The number of hydrogen-bond acceptors (Lipinski definition) is 5. The number of benzene rings is 2. The topological polar surface area (TPSA) is 54.9 Å². The van der Waals surface area contributed by atoms with Crippen LogP contribution in [0, 0.1) is 0 Å². The molecule has 0 atom stereocenters. The highest BCUT2D eigenvalue weighted by molar-refractivity contribution is 5.95. The van der Waals surface area contributed by atoms with Gasteiger partial charge in [0.15, 0.2) is 11.5 Å². The van der Waals surface area contributed by atoms with Crippen LogP contribution < -0.4 is 14.4 Å². The molecule has 1 aliphatic rings. The van der Waals surface area contributed by atoms with E-state index in [2.05, 4.69) is 9.88 Å². The Kier molecular flexibility index (Phi) is 6.13. The van der Waals surface area contributed by atoms with E-state index < -0.39 is 0 Å². The first-order chi connectivity index (χ1) is 14.7. The minimum atomic E-state index is 0.00267. The number of piperazine rings is 1. The second-order valence-electron chi connectivity index (χ2n) is 7.11. The molecule has 2 heterocycles. The molecule has 1 fully saturated rings. The lowest BCUT2D eigenvalue weighted by Crippen LogP contribution is -2.49. The number of nitrogens with zero attached hydrogens (tertiary/aromatic N) is 3. The summed E-state index contributed by atoms with van der Waals surface area (Å²) >= 11 is 0. The molecule has 1 aliphatic heterocycles.